The Hall–Kier alpha value is -2.94. The molecule has 0 spiro atoms. The second-order valence-corrected chi connectivity index (χ2v) is 11.1. The summed E-state index contributed by atoms with van der Waals surface area (Å²) in [5, 5.41) is 3.31. The van der Waals surface area contributed by atoms with Crippen molar-refractivity contribution in [1.29, 1.82) is 0 Å². The SMILES string of the molecule is CN1C=CC(N2CCN(C(=O)OC(C)(C)C)CC2)=C2NCC(S(=O)(=O)c3ccccc3)=C21. The first-order valence-electron chi connectivity index (χ1n) is 10.7. The van der Waals surface area contributed by atoms with Gasteiger partial charge < -0.3 is 24.8 Å². The predicted molar refractivity (Wildman–Crippen MR) is 122 cm³/mol. The van der Waals surface area contributed by atoms with E-state index in [1.807, 2.05) is 45.0 Å². The van der Waals surface area contributed by atoms with Gasteiger partial charge in [0.1, 0.15) is 5.60 Å². The number of fused-ring (bicyclic) bond motifs is 1. The van der Waals surface area contributed by atoms with E-state index in [-0.39, 0.29) is 12.6 Å². The maximum Gasteiger partial charge on any atom is 0.410 e. The van der Waals surface area contributed by atoms with Crippen LogP contribution in [-0.2, 0) is 14.6 Å². The largest absolute Gasteiger partial charge is 0.444 e. The minimum absolute atomic E-state index is 0.245. The number of likely N-dealkylation sites (N-methyl/N-ethyl adjacent to an activating group) is 1. The van der Waals surface area contributed by atoms with E-state index < -0.39 is 15.4 Å². The molecule has 3 aliphatic heterocycles. The molecular formula is C23H30N4O4S. The first-order chi connectivity index (χ1) is 15.1. The van der Waals surface area contributed by atoms with Crippen molar-refractivity contribution in [2.75, 3.05) is 39.8 Å². The number of carbonyl (C=O) groups excluding carboxylic acids is 1. The Balaban J connectivity index is 1.58. The lowest BCUT2D eigenvalue weighted by Gasteiger charge is -2.39. The summed E-state index contributed by atoms with van der Waals surface area (Å²) in [4.78, 5) is 18.8. The predicted octanol–water partition coefficient (Wildman–Crippen LogP) is 2.50. The first kappa shape index (κ1) is 22.3. The summed E-state index contributed by atoms with van der Waals surface area (Å²) in [5.74, 6) is 0. The number of amides is 1. The van der Waals surface area contributed by atoms with Crippen LogP contribution in [0.3, 0.4) is 0 Å². The molecule has 0 unspecified atom stereocenters. The monoisotopic (exact) mass is 458 g/mol. The summed E-state index contributed by atoms with van der Waals surface area (Å²) < 4.78 is 32.1. The molecular weight excluding hydrogens is 428 g/mol. The molecule has 0 radical (unpaired) electrons. The number of benzene rings is 1. The fraction of sp³-hybridized carbons (Fsp3) is 0.435. The number of hydrogen-bond donors (Lipinski definition) is 1. The zero-order valence-corrected chi connectivity index (χ0v) is 19.8. The lowest BCUT2D eigenvalue weighted by atomic mass is 10.1. The average Bonchev–Trinajstić information content (AvgIpc) is 3.21. The van der Waals surface area contributed by atoms with Crippen molar-refractivity contribution < 1.29 is 17.9 Å². The van der Waals surface area contributed by atoms with Crippen LogP contribution in [0.25, 0.3) is 0 Å². The van der Waals surface area contributed by atoms with Gasteiger partial charge in [0.2, 0.25) is 9.84 Å². The molecule has 1 amide bonds. The summed E-state index contributed by atoms with van der Waals surface area (Å²) in [6, 6.07) is 8.52. The Morgan fingerprint density at radius 3 is 2.34 bits per heavy atom. The number of rotatable bonds is 3. The van der Waals surface area contributed by atoms with Gasteiger partial charge >= 0.3 is 6.09 Å². The van der Waals surface area contributed by atoms with Crippen molar-refractivity contribution in [2.45, 2.75) is 31.3 Å². The summed E-state index contributed by atoms with van der Waals surface area (Å²) in [7, 11) is -1.76. The van der Waals surface area contributed by atoms with Crippen LogP contribution in [0, 0.1) is 0 Å². The zero-order valence-electron chi connectivity index (χ0n) is 19.0. The number of hydrogen-bond acceptors (Lipinski definition) is 7. The van der Waals surface area contributed by atoms with Crippen molar-refractivity contribution in [3.63, 3.8) is 0 Å². The van der Waals surface area contributed by atoms with Gasteiger partial charge in [-0.2, -0.15) is 0 Å². The minimum atomic E-state index is -3.61. The summed E-state index contributed by atoms with van der Waals surface area (Å²) in [6.07, 6.45) is 3.58. The van der Waals surface area contributed by atoms with Crippen molar-refractivity contribution in [3.8, 4) is 0 Å². The molecule has 1 aromatic carbocycles. The molecule has 32 heavy (non-hydrogen) atoms. The number of nitrogens with one attached hydrogen (secondary N) is 1. The molecule has 0 aromatic heterocycles. The van der Waals surface area contributed by atoms with Crippen molar-refractivity contribution in [3.05, 3.63) is 64.6 Å². The van der Waals surface area contributed by atoms with Gasteiger partial charge in [-0.1, -0.05) is 18.2 Å². The quantitative estimate of drug-likeness (QED) is 0.745. The average molecular weight is 459 g/mol. The summed E-state index contributed by atoms with van der Waals surface area (Å²) >= 11 is 0. The van der Waals surface area contributed by atoms with Gasteiger partial charge in [0.05, 0.1) is 33.4 Å². The second kappa shape index (κ2) is 8.20. The van der Waals surface area contributed by atoms with Gasteiger partial charge in [0.25, 0.3) is 0 Å². The van der Waals surface area contributed by atoms with Crippen molar-refractivity contribution in [1.82, 2.24) is 20.0 Å². The van der Waals surface area contributed by atoms with Crippen LogP contribution in [0.2, 0.25) is 0 Å². The van der Waals surface area contributed by atoms with Crippen LogP contribution in [-0.4, -0.2) is 74.6 Å². The Labute approximate surface area is 189 Å². The minimum Gasteiger partial charge on any atom is -0.444 e. The molecule has 1 N–H and O–H groups in total. The standard InChI is InChI=1S/C23H30N4O4S/c1-23(2,3)31-22(28)27-14-12-26(13-15-27)18-10-11-25(4)21-19(16-24-20(18)21)32(29,30)17-8-6-5-7-9-17/h5-11,24H,12-16H2,1-4H3. The molecule has 9 heteroatoms. The number of nitrogens with zero attached hydrogens (tertiary/aromatic N) is 3. The van der Waals surface area contributed by atoms with Gasteiger partial charge in [-0.3, -0.25) is 0 Å². The van der Waals surface area contributed by atoms with Gasteiger partial charge in [-0.25, -0.2) is 13.2 Å². The van der Waals surface area contributed by atoms with Crippen molar-refractivity contribution in [2.24, 2.45) is 0 Å². The smallest absolute Gasteiger partial charge is 0.410 e. The lowest BCUT2D eigenvalue weighted by Crippen LogP contribution is -2.50. The van der Waals surface area contributed by atoms with Crippen LogP contribution in [0.5, 0.6) is 0 Å². The molecule has 3 heterocycles. The van der Waals surface area contributed by atoms with E-state index in [0.29, 0.717) is 41.7 Å². The molecule has 3 aliphatic rings. The van der Waals surface area contributed by atoms with E-state index in [1.165, 1.54) is 0 Å². The van der Waals surface area contributed by atoms with E-state index >= 15 is 0 Å². The van der Waals surface area contributed by atoms with Crippen LogP contribution in [0.4, 0.5) is 4.79 Å². The second-order valence-electron chi connectivity index (χ2n) is 9.08. The Kier molecular flexibility index (Phi) is 5.70. The number of ether oxygens (including phenoxy) is 1. The first-order valence-corrected chi connectivity index (χ1v) is 12.2. The molecule has 0 bridgehead atoms. The fourth-order valence-electron chi connectivity index (χ4n) is 4.08. The zero-order chi connectivity index (χ0) is 23.1. The van der Waals surface area contributed by atoms with E-state index in [2.05, 4.69) is 10.2 Å². The number of carbonyl (C=O) groups is 1. The van der Waals surface area contributed by atoms with E-state index in [9.17, 15) is 13.2 Å². The summed E-state index contributed by atoms with van der Waals surface area (Å²) in [6.45, 7) is 8.19. The Morgan fingerprint density at radius 2 is 1.72 bits per heavy atom. The third-order valence-electron chi connectivity index (χ3n) is 5.64. The molecule has 1 aromatic rings. The van der Waals surface area contributed by atoms with Gasteiger partial charge in [-0.15, -0.1) is 0 Å². The van der Waals surface area contributed by atoms with E-state index in [4.69, 9.17) is 4.74 Å². The molecule has 1 saturated heterocycles. The number of sulfone groups is 1. The Morgan fingerprint density at radius 1 is 1.06 bits per heavy atom. The highest BCUT2D eigenvalue weighted by Crippen LogP contribution is 2.35. The normalized spacial score (nSPS) is 19.3. The number of allylic oxidation sites excluding steroid dienone is 1. The third-order valence-corrected chi connectivity index (χ3v) is 7.52. The molecule has 1 fully saturated rings. The highest BCUT2D eigenvalue weighted by atomic mass is 32.2. The van der Waals surface area contributed by atoms with Crippen LogP contribution >= 0.6 is 0 Å². The molecule has 172 valence electrons. The third kappa shape index (κ3) is 4.21. The molecule has 0 saturated carbocycles. The molecule has 0 aliphatic carbocycles. The maximum atomic E-state index is 13.3. The van der Waals surface area contributed by atoms with Crippen LogP contribution in [0.1, 0.15) is 20.8 Å². The number of piperazine rings is 1. The lowest BCUT2D eigenvalue weighted by molar-refractivity contribution is 0.0170. The topological polar surface area (TPSA) is 82.2 Å². The fourth-order valence-corrected chi connectivity index (χ4v) is 5.65. The van der Waals surface area contributed by atoms with Crippen LogP contribution in [0.15, 0.2) is 69.5 Å². The van der Waals surface area contributed by atoms with Gasteiger partial charge in [0.15, 0.2) is 0 Å². The van der Waals surface area contributed by atoms with Crippen molar-refractivity contribution >= 4 is 15.9 Å². The highest BCUT2D eigenvalue weighted by Gasteiger charge is 2.36. The highest BCUT2D eigenvalue weighted by molar-refractivity contribution is 7.95. The molecule has 0 atom stereocenters. The van der Waals surface area contributed by atoms with E-state index in [1.54, 1.807) is 35.2 Å². The Bertz CT molecular complexity index is 1090. The maximum absolute atomic E-state index is 13.3. The summed E-state index contributed by atoms with van der Waals surface area (Å²) in [5.41, 5.74) is 1.92. The molecule has 4 rings (SSSR count). The van der Waals surface area contributed by atoms with Crippen LogP contribution < -0.4 is 5.32 Å². The molecule has 8 nitrogen and oxygen atoms in total. The van der Waals surface area contributed by atoms with Gasteiger partial charge in [0, 0.05) is 39.4 Å². The van der Waals surface area contributed by atoms with E-state index in [0.717, 1.165) is 11.4 Å². The van der Waals surface area contributed by atoms with Gasteiger partial charge in [-0.05, 0) is 39.0 Å².